The van der Waals surface area contributed by atoms with Crippen LogP contribution >= 0.6 is 27.5 Å². The highest BCUT2D eigenvalue weighted by Crippen LogP contribution is 2.65. The van der Waals surface area contributed by atoms with Crippen LogP contribution in [0.2, 0.25) is 5.02 Å². The molecule has 2 aliphatic rings. The lowest BCUT2D eigenvalue weighted by molar-refractivity contribution is -0.0754. The molecule has 0 saturated heterocycles. The van der Waals surface area contributed by atoms with Gasteiger partial charge in [-0.2, -0.15) is 13.5 Å². The Labute approximate surface area is 239 Å². The predicted molar refractivity (Wildman–Crippen MR) is 152 cm³/mol. The number of ether oxygens (including phenoxy) is 1. The van der Waals surface area contributed by atoms with Gasteiger partial charge in [-0.05, 0) is 42.3 Å². The van der Waals surface area contributed by atoms with E-state index in [0.29, 0.717) is 16.3 Å². The van der Waals surface area contributed by atoms with Gasteiger partial charge in [0.1, 0.15) is 11.4 Å². The van der Waals surface area contributed by atoms with Crippen molar-refractivity contribution in [3.63, 3.8) is 0 Å². The topological polar surface area (TPSA) is 101 Å². The zero-order valence-electron chi connectivity index (χ0n) is 20.7. The van der Waals surface area contributed by atoms with Crippen molar-refractivity contribution >= 4 is 43.3 Å². The number of sulfonamides is 1. The number of aryl methyl sites for hydroxylation is 1. The number of aliphatic hydroxyl groups is 1. The lowest BCUT2D eigenvalue weighted by atomic mass is 9.72. The van der Waals surface area contributed by atoms with Gasteiger partial charge in [0.25, 0.3) is 10.0 Å². The first kappa shape index (κ1) is 26.0. The predicted octanol–water partition coefficient (Wildman–Crippen LogP) is 5.80. The van der Waals surface area contributed by atoms with Crippen LogP contribution in [-0.2, 0) is 21.2 Å². The highest BCUT2D eigenvalue weighted by molar-refractivity contribution is 9.10. The second kappa shape index (κ2) is 9.45. The van der Waals surface area contributed by atoms with Crippen LogP contribution in [0.4, 0.5) is 0 Å². The minimum Gasteiger partial charge on any atom is -0.476 e. The quantitative estimate of drug-likeness (QED) is 0.273. The SMILES string of the molecule is Cc1ccc(S(=O)(=O)N/N=C2/C[C@@H](c3ccccc3)[C@]3(c4ccc(Br)cc4)Oc4cc(Cl)cnc4[C@]23O)cc1. The number of hydrogen-bond acceptors (Lipinski definition) is 6. The van der Waals surface area contributed by atoms with E-state index in [1.807, 2.05) is 61.5 Å². The Morgan fingerprint density at radius 2 is 1.77 bits per heavy atom. The third-order valence-corrected chi connectivity index (χ3v) is 9.34. The molecule has 1 fully saturated rings. The molecule has 2 heterocycles. The number of fused-ring (bicyclic) bond motifs is 3. The number of hydrogen-bond donors (Lipinski definition) is 2. The number of benzene rings is 3. The number of nitrogens with one attached hydrogen (secondary N) is 1. The maximum Gasteiger partial charge on any atom is 0.276 e. The van der Waals surface area contributed by atoms with Crippen molar-refractivity contribution in [1.29, 1.82) is 0 Å². The van der Waals surface area contributed by atoms with Crippen LogP contribution in [0.1, 0.15) is 34.7 Å². The first-order chi connectivity index (χ1) is 18.6. The molecule has 1 aromatic heterocycles. The van der Waals surface area contributed by atoms with Crippen LogP contribution in [0.3, 0.4) is 0 Å². The van der Waals surface area contributed by atoms with Gasteiger partial charge in [-0.15, -0.1) is 0 Å². The van der Waals surface area contributed by atoms with E-state index in [0.717, 1.165) is 15.6 Å². The lowest BCUT2D eigenvalue weighted by Crippen LogP contribution is -2.51. The number of pyridine rings is 1. The van der Waals surface area contributed by atoms with E-state index in [-0.39, 0.29) is 22.7 Å². The molecule has 1 aliphatic heterocycles. The molecular weight excluding hydrogens is 602 g/mol. The van der Waals surface area contributed by atoms with Gasteiger partial charge in [-0.3, -0.25) is 4.98 Å². The summed E-state index contributed by atoms with van der Waals surface area (Å²) in [6, 6.07) is 25.2. The van der Waals surface area contributed by atoms with Crippen LogP contribution < -0.4 is 9.57 Å². The zero-order valence-corrected chi connectivity index (χ0v) is 23.8. The van der Waals surface area contributed by atoms with Crippen LogP contribution in [-0.4, -0.2) is 24.2 Å². The van der Waals surface area contributed by atoms with Crippen LogP contribution in [0.25, 0.3) is 0 Å². The largest absolute Gasteiger partial charge is 0.476 e. The molecule has 0 amide bonds. The van der Waals surface area contributed by atoms with Gasteiger partial charge in [-0.1, -0.05) is 87.7 Å². The van der Waals surface area contributed by atoms with Crippen molar-refractivity contribution in [2.75, 3.05) is 0 Å². The Morgan fingerprint density at radius 1 is 1.08 bits per heavy atom. The molecule has 10 heteroatoms. The molecule has 0 radical (unpaired) electrons. The number of halogens is 2. The Balaban J connectivity index is 1.57. The molecule has 39 heavy (non-hydrogen) atoms. The third kappa shape index (κ3) is 4.07. The average molecular weight is 625 g/mol. The van der Waals surface area contributed by atoms with Gasteiger partial charge in [0.05, 0.1) is 15.6 Å². The van der Waals surface area contributed by atoms with Crippen molar-refractivity contribution in [2.24, 2.45) is 5.10 Å². The van der Waals surface area contributed by atoms with Gasteiger partial charge in [0.15, 0.2) is 11.2 Å². The fraction of sp³-hybridized carbons (Fsp3) is 0.172. The Morgan fingerprint density at radius 3 is 2.46 bits per heavy atom. The molecule has 1 saturated carbocycles. The summed E-state index contributed by atoms with van der Waals surface area (Å²) in [6.07, 6.45) is 1.64. The van der Waals surface area contributed by atoms with E-state index in [4.69, 9.17) is 16.3 Å². The number of rotatable bonds is 5. The third-order valence-electron chi connectivity index (χ3n) is 7.38. The summed E-state index contributed by atoms with van der Waals surface area (Å²) in [5, 5.41) is 17.4. The second-order valence-corrected chi connectivity index (χ2v) is 12.7. The fourth-order valence-electron chi connectivity index (χ4n) is 5.57. The molecule has 198 valence electrons. The molecule has 4 aromatic rings. The van der Waals surface area contributed by atoms with E-state index in [2.05, 4.69) is 30.8 Å². The highest BCUT2D eigenvalue weighted by Gasteiger charge is 2.72. The van der Waals surface area contributed by atoms with E-state index >= 15 is 0 Å². The molecule has 0 spiro atoms. The van der Waals surface area contributed by atoms with Gasteiger partial charge in [0.2, 0.25) is 0 Å². The van der Waals surface area contributed by atoms with Crippen molar-refractivity contribution in [2.45, 2.75) is 35.4 Å². The van der Waals surface area contributed by atoms with Gasteiger partial charge < -0.3 is 9.84 Å². The summed E-state index contributed by atoms with van der Waals surface area (Å²) in [7, 11) is -4.01. The van der Waals surface area contributed by atoms with Gasteiger partial charge >= 0.3 is 0 Å². The summed E-state index contributed by atoms with van der Waals surface area (Å²) in [5.41, 5.74) is -0.391. The van der Waals surface area contributed by atoms with Crippen molar-refractivity contribution < 1.29 is 18.3 Å². The molecule has 0 bridgehead atoms. The smallest absolute Gasteiger partial charge is 0.276 e. The maximum atomic E-state index is 13.2. The minimum absolute atomic E-state index is 0.0641. The summed E-state index contributed by atoms with van der Waals surface area (Å²) in [6.45, 7) is 1.88. The molecule has 6 rings (SSSR count). The first-order valence-electron chi connectivity index (χ1n) is 12.2. The number of aromatic nitrogens is 1. The normalized spacial score (nSPS) is 24.7. The number of nitrogens with zero attached hydrogens (tertiary/aromatic N) is 2. The molecular formula is C29H23BrClN3O4S. The van der Waals surface area contributed by atoms with Crippen LogP contribution in [0.15, 0.2) is 106 Å². The second-order valence-electron chi connectivity index (χ2n) is 9.69. The molecule has 3 aromatic carbocycles. The van der Waals surface area contributed by atoms with E-state index in [1.165, 1.54) is 18.3 Å². The average Bonchev–Trinajstić information content (AvgIpc) is 3.33. The molecule has 3 atom stereocenters. The zero-order chi connectivity index (χ0) is 27.4. The summed E-state index contributed by atoms with van der Waals surface area (Å²) in [5.74, 6) is -0.136. The monoisotopic (exact) mass is 623 g/mol. The summed E-state index contributed by atoms with van der Waals surface area (Å²) < 4.78 is 33.9. The van der Waals surface area contributed by atoms with Crippen molar-refractivity contribution in [1.82, 2.24) is 9.82 Å². The minimum atomic E-state index is -4.01. The standard InChI is InChI=1S/C29H23BrClN3O4S/c1-18-7-13-23(14-8-18)39(36,37)34-33-26-16-24(19-5-3-2-4-6-19)29(20-9-11-21(30)12-10-20)28(26,35)27-25(38-29)15-22(31)17-32-27/h2-15,17,24,34-35H,16H2,1H3/b33-26-/t24-,28+,29-/m0/s1. The van der Waals surface area contributed by atoms with Crippen LogP contribution in [0, 0.1) is 6.92 Å². The lowest BCUT2D eigenvalue weighted by Gasteiger charge is -2.39. The van der Waals surface area contributed by atoms with Crippen molar-refractivity contribution in [3.8, 4) is 5.75 Å². The Bertz CT molecular complexity index is 1700. The molecule has 1 aliphatic carbocycles. The first-order valence-corrected chi connectivity index (χ1v) is 14.8. The van der Waals surface area contributed by atoms with E-state index in [1.54, 1.807) is 18.2 Å². The Hall–Kier alpha value is -3.24. The van der Waals surface area contributed by atoms with Crippen LogP contribution in [0.5, 0.6) is 5.75 Å². The highest BCUT2D eigenvalue weighted by atomic mass is 79.9. The number of hydrazone groups is 1. The molecule has 0 unspecified atom stereocenters. The van der Waals surface area contributed by atoms with E-state index in [9.17, 15) is 13.5 Å². The maximum absolute atomic E-state index is 13.2. The van der Waals surface area contributed by atoms with Crippen molar-refractivity contribution in [3.05, 3.63) is 123 Å². The molecule has 2 N–H and O–H groups in total. The van der Waals surface area contributed by atoms with E-state index < -0.39 is 27.1 Å². The van der Waals surface area contributed by atoms with Gasteiger partial charge in [-0.25, -0.2) is 4.83 Å². The van der Waals surface area contributed by atoms with Gasteiger partial charge in [0, 0.05) is 29.1 Å². The fourth-order valence-corrected chi connectivity index (χ4v) is 6.81. The summed E-state index contributed by atoms with van der Waals surface area (Å²) >= 11 is 9.76. The molecule has 7 nitrogen and oxygen atoms in total. The summed E-state index contributed by atoms with van der Waals surface area (Å²) in [4.78, 5) is 6.89. The Kier molecular flexibility index (Phi) is 6.30.